The molecule has 1 aromatic carbocycles. The number of halogens is 1. The van der Waals surface area contributed by atoms with Crippen LogP contribution in [0.15, 0.2) is 34.9 Å². The summed E-state index contributed by atoms with van der Waals surface area (Å²) in [6.45, 7) is 2.00. The van der Waals surface area contributed by atoms with Crippen LogP contribution >= 0.6 is 0 Å². The Hall–Kier alpha value is -2.21. The highest BCUT2D eigenvalue weighted by atomic mass is 19.1. The fourth-order valence-corrected chi connectivity index (χ4v) is 1.62. The van der Waals surface area contributed by atoms with Gasteiger partial charge >= 0.3 is 0 Å². The van der Waals surface area contributed by atoms with Gasteiger partial charge in [-0.2, -0.15) is 0 Å². The first-order valence-electron chi connectivity index (χ1n) is 6.25. The number of aliphatic hydroxyl groups is 1. The van der Waals surface area contributed by atoms with E-state index in [0.29, 0.717) is 24.3 Å². The zero-order chi connectivity index (χ0) is 14.5. The highest BCUT2D eigenvalue weighted by molar-refractivity contribution is 5.93. The van der Waals surface area contributed by atoms with Crippen molar-refractivity contribution in [1.82, 2.24) is 10.5 Å². The maximum Gasteiger partial charge on any atom is 0.273 e. The van der Waals surface area contributed by atoms with E-state index in [2.05, 4.69) is 10.5 Å². The molecule has 1 aromatic heterocycles. The summed E-state index contributed by atoms with van der Waals surface area (Å²) in [5.41, 5.74) is 0.789. The number of nitrogens with zero attached hydrogens (tertiary/aromatic N) is 1. The molecule has 0 aliphatic rings. The average molecular weight is 278 g/mol. The Morgan fingerprint density at radius 3 is 2.80 bits per heavy atom. The van der Waals surface area contributed by atoms with Gasteiger partial charge in [-0.15, -0.1) is 0 Å². The molecule has 2 N–H and O–H groups in total. The molecule has 0 aliphatic carbocycles. The third-order valence-corrected chi connectivity index (χ3v) is 2.72. The standard InChI is InChI=1S/C14H15FN2O3/c1-9(18)6-7-16-14(19)12-8-13(20-17-12)10-2-4-11(15)5-3-10/h2-5,8-9,18H,6-7H2,1H3,(H,16,19). The molecule has 0 bridgehead atoms. The second-order valence-electron chi connectivity index (χ2n) is 4.48. The molecule has 0 saturated carbocycles. The molecule has 0 saturated heterocycles. The van der Waals surface area contributed by atoms with E-state index in [1.54, 1.807) is 19.1 Å². The molecule has 0 radical (unpaired) electrons. The van der Waals surface area contributed by atoms with E-state index in [-0.39, 0.29) is 17.4 Å². The van der Waals surface area contributed by atoms with Gasteiger partial charge in [-0.1, -0.05) is 5.16 Å². The van der Waals surface area contributed by atoms with Crippen LogP contribution in [0.1, 0.15) is 23.8 Å². The number of nitrogens with one attached hydrogen (secondary N) is 1. The zero-order valence-corrected chi connectivity index (χ0v) is 11.0. The average Bonchev–Trinajstić information content (AvgIpc) is 2.88. The van der Waals surface area contributed by atoms with Crippen LogP contribution in [0.25, 0.3) is 11.3 Å². The number of hydrogen-bond donors (Lipinski definition) is 2. The lowest BCUT2D eigenvalue weighted by atomic mass is 10.1. The lowest BCUT2D eigenvalue weighted by molar-refractivity contribution is 0.0936. The van der Waals surface area contributed by atoms with E-state index < -0.39 is 6.10 Å². The van der Waals surface area contributed by atoms with Crippen molar-refractivity contribution in [2.45, 2.75) is 19.4 Å². The first-order chi connectivity index (χ1) is 9.56. The molecule has 2 rings (SSSR count). The van der Waals surface area contributed by atoms with Crippen LogP contribution in [0.2, 0.25) is 0 Å². The molecule has 1 amide bonds. The van der Waals surface area contributed by atoms with E-state index in [0.717, 1.165) is 0 Å². The number of carbonyl (C=O) groups is 1. The fourth-order valence-electron chi connectivity index (χ4n) is 1.62. The summed E-state index contributed by atoms with van der Waals surface area (Å²) in [4.78, 5) is 11.7. The molecule has 5 nitrogen and oxygen atoms in total. The third kappa shape index (κ3) is 3.64. The van der Waals surface area contributed by atoms with Crippen LogP contribution in [-0.2, 0) is 0 Å². The Kier molecular flexibility index (Phi) is 4.47. The minimum Gasteiger partial charge on any atom is -0.393 e. The number of aromatic nitrogens is 1. The molecule has 106 valence electrons. The van der Waals surface area contributed by atoms with E-state index in [1.807, 2.05) is 0 Å². The Morgan fingerprint density at radius 1 is 1.45 bits per heavy atom. The van der Waals surface area contributed by atoms with E-state index in [1.165, 1.54) is 18.2 Å². The molecule has 1 atom stereocenters. The molecule has 0 fully saturated rings. The molecule has 20 heavy (non-hydrogen) atoms. The summed E-state index contributed by atoms with van der Waals surface area (Å²) in [6.07, 6.45) is -0.00334. The van der Waals surface area contributed by atoms with Crippen molar-refractivity contribution in [2.24, 2.45) is 0 Å². The summed E-state index contributed by atoms with van der Waals surface area (Å²) in [6, 6.07) is 7.20. The lowest BCUT2D eigenvalue weighted by Crippen LogP contribution is -2.26. The minimum absolute atomic E-state index is 0.148. The second-order valence-corrected chi connectivity index (χ2v) is 4.48. The van der Waals surface area contributed by atoms with Gasteiger partial charge in [0.1, 0.15) is 5.82 Å². The number of amides is 1. The summed E-state index contributed by atoms with van der Waals surface area (Å²) in [7, 11) is 0. The van der Waals surface area contributed by atoms with Crippen molar-refractivity contribution < 1.29 is 18.8 Å². The van der Waals surface area contributed by atoms with Gasteiger partial charge in [-0.25, -0.2) is 4.39 Å². The molecule has 1 heterocycles. The Bertz CT molecular complexity index is 578. The highest BCUT2D eigenvalue weighted by Gasteiger charge is 2.13. The van der Waals surface area contributed by atoms with Gasteiger partial charge in [-0.05, 0) is 37.6 Å². The molecule has 0 spiro atoms. The molecule has 6 heteroatoms. The lowest BCUT2D eigenvalue weighted by Gasteiger charge is -2.04. The predicted molar refractivity (Wildman–Crippen MR) is 70.5 cm³/mol. The van der Waals surface area contributed by atoms with Crippen LogP contribution in [0, 0.1) is 5.82 Å². The van der Waals surface area contributed by atoms with Crippen LogP contribution in [0.3, 0.4) is 0 Å². The fraction of sp³-hybridized carbons (Fsp3) is 0.286. The molecular formula is C14H15FN2O3. The minimum atomic E-state index is -0.470. The van der Waals surface area contributed by atoms with E-state index in [4.69, 9.17) is 9.63 Å². The van der Waals surface area contributed by atoms with Crippen LogP contribution in [0.5, 0.6) is 0 Å². The topological polar surface area (TPSA) is 75.4 Å². The largest absolute Gasteiger partial charge is 0.393 e. The normalized spacial score (nSPS) is 12.2. The summed E-state index contributed by atoms with van der Waals surface area (Å²) >= 11 is 0. The Balaban J connectivity index is 2.01. The number of benzene rings is 1. The first-order valence-corrected chi connectivity index (χ1v) is 6.25. The van der Waals surface area contributed by atoms with Crippen molar-refractivity contribution in [3.05, 3.63) is 41.8 Å². The van der Waals surface area contributed by atoms with Crippen molar-refractivity contribution in [2.75, 3.05) is 6.54 Å². The van der Waals surface area contributed by atoms with Crippen LogP contribution in [0.4, 0.5) is 4.39 Å². The maximum atomic E-state index is 12.8. The number of aliphatic hydroxyl groups excluding tert-OH is 1. The Morgan fingerprint density at radius 2 is 2.15 bits per heavy atom. The van der Waals surface area contributed by atoms with Crippen LogP contribution in [-0.4, -0.2) is 28.8 Å². The summed E-state index contributed by atoms with van der Waals surface area (Å²) in [5.74, 6) is -0.321. The van der Waals surface area contributed by atoms with Gasteiger partial charge in [0.05, 0.1) is 6.10 Å². The molecule has 0 aliphatic heterocycles. The second kappa shape index (κ2) is 6.29. The van der Waals surface area contributed by atoms with Crippen molar-refractivity contribution >= 4 is 5.91 Å². The Labute approximate surface area is 115 Å². The van der Waals surface area contributed by atoms with Gasteiger partial charge in [0, 0.05) is 18.2 Å². The first kappa shape index (κ1) is 14.2. The molecule has 1 unspecified atom stereocenters. The SMILES string of the molecule is CC(O)CCNC(=O)c1cc(-c2ccc(F)cc2)on1. The van der Waals surface area contributed by atoms with Gasteiger partial charge in [-0.3, -0.25) is 4.79 Å². The van der Waals surface area contributed by atoms with E-state index >= 15 is 0 Å². The summed E-state index contributed by atoms with van der Waals surface area (Å²) in [5, 5.41) is 15.4. The zero-order valence-electron chi connectivity index (χ0n) is 11.0. The van der Waals surface area contributed by atoms with E-state index in [9.17, 15) is 9.18 Å². The van der Waals surface area contributed by atoms with Gasteiger partial charge in [0.25, 0.3) is 5.91 Å². The van der Waals surface area contributed by atoms with Crippen molar-refractivity contribution in [3.8, 4) is 11.3 Å². The monoisotopic (exact) mass is 278 g/mol. The quantitative estimate of drug-likeness (QED) is 0.877. The van der Waals surface area contributed by atoms with Crippen molar-refractivity contribution in [1.29, 1.82) is 0 Å². The number of hydrogen-bond acceptors (Lipinski definition) is 4. The predicted octanol–water partition coefficient (Wildman–Crippen LogP) is 1.98. The van der Waals surface area contributed by atoms with Gasteiger partial charge in [0.2, 0.25) is 0 Å². The summed E-state index contributed by atoms with van der Waals surface area (Å²) < 4.78 is 17.9. The maximum absolute atomic E-state index is 12.8. The molecular weight excluding hydrogens is 263 g/mol. The third-order valence-electron chi connectivity index (χ3n) is 2.72. The van der Waals surface area contributed by atoms with Gasteiger partial charge < -0.3 is 14.9 Å². The van der Waals surface area contributed by atoms with Crippen LogP contribution < -0.4 is 5.32 Å². The smallest absolute Gasteiger partial charge is 0.273 e. The van der Waals surface area contributed by atoms with Gasteiger partial charge in [0.15, 0.2) is 11.5 Å². The molecule has 2 aromatic rings. The highest BCUT2D eigenvalue weighted by Crippen LogP contribution is 2.20. The number of rotatable bonds is 5. The van der Waals surface area contributed by atoms with Crippen molar-refractivity contribution in [3.63, 3.8) is 0 Å². The number of carbonyl (C=O) groups excluding carboxylic acids is 1.